The molecule has 1 N–H and O–H groups in total. The summed E-state index contributed by atoms with van der Waals surface area (Å²) in [5.74, 6) is 0. The number of benzene rings is 4. The van der Waals surface area contributed by atoms with Gasteiger partial charge in [-0.25, -0.2) is 0 Å². The Morgan fingerprint density at radius 2 is 1.20 bits per heavy atom. The minimum atomic E-state index is 0.0640. The summed E-state index contributed by atoms with van der Waals surface area (Å²) < 4.78 is 0. The number of hydrogen-bond donors (Lipinski definition) is 1. The third-order valence-corrected chi connectivity index (χ3v) is 4.49. The van der Waals surface area contributed by atoms with E-state index in [1.807, 2.05) is 12.3 Å². The molecule has 0 aliphatic heterocycles. The van der Waals surface area contributed by atoms with Crippen LogP contribution >= 0.6 is 0 Å². The van der Waals surface area contributed by atoms with Gasteiger partial charge in [-0.2, -0.15) is 0 Å². The van der Waals surface area contributed by atoms with Crippen LogP contribution in [0.1, 0.15) is 5.56 Å². The normalized spacial score (nSPS) is 11.6. The molecule has 4 aromatic carbocycles. The van der Waals surface area contributed by atoms with Crippen LogP contribution in [0.25, 0.3) is 32.7 Å². The zero-order valence-corrected chi connectivity index (χ0v) is 13.9. The Balaban J connectivity index is 2.14. The zero-order valence-electron chi connectivity index (χ0n) is 13.9. The Labute approximate surface area is 147 Å². The fourth-order valence-corrected chi connectivity index (χ4v) is 3.43. The molecule has 0 heterocycles. The topological polar surface area (TPSA) is 32.6 Å². The third-order valence-electron chi connectivity index (χ3n) is 4.49. The van der Waals surface area contributed by atoms with Crippen molar-refractivity contribution in [1.29, 1.82) is 0 Å². The number of aliphatic hydroxyl groups is 1. The number of hydrogen-bond acceptors (Lipinski definition) is 2. The molecule has 0 aromatic heterocycles. The lowest BCUT2D eigenvalue weighted by Gasteiger charge is -2.15. The van der Waals surface area contributed by atoms with Crippen LogP contribution in [-0.4, -0.2) is 24.5 Å². The Morgan fingerprint density at radius 1 is 0.680 bits per heavy atom. The summed E-state index contributed by atoms with van der Waals surface area (Å²) in [5.41, 5.74) is 3.58. The molecule has 2 heteroatoms. The highest BCUT2D eigenvalue weighted by atomic mass is 16.3. The lowest BCUT2D eigenvalue weighted by Crippen LogP contribution is -1.94. The predicted molar refractivity (Wildman–Crippen MR) is 106 cm³/mol. The van der Waals surface area contributed by atoms with Crippen LogP contribution in [0.4, 0.5) is 0 Å². The van der Waals surface area contributed by atoms with E-state index in [4.69, 9.17) is 5.11 Å². The van der Waals surface area contributed by atoms with Gasteiger partial charge in [0.25, 0.3) is 0 Å². The third kappa shape index (κ3) is 2.81. The predicted octanol–water partition coefficient (Wildman–Crippen LogP) is 5.07. The molecule has 4 rings (SSSR count). The summed E-state index contributed by atoms with van der Waals surface area (Å²) in [6.45, 7) is 0.484. The minimum absolute atomic E-state index is 0.0640. The Kier molecular flexibility index (Phi) is 4.28. The molecule has 0 unspecified atom stereocenters. The van der Waals surface area contributed by atoms with E-state index in [0.29, 0.717) is 6.54 Å². The molecule has 0 amide bonds. The van der Waals surface area contributed by atoms with Crippen molar-refractivity contribution in [3.05, 3.63) is 84.4 Å². The molecule has 0 bridgehead atoms. The summed E-state index contributed by atoms with van der Waals surface area (Å²) in [6.07, 6.45) is 1.90. The van der Waals surface area contributed by atoms with E-state index in [-0.39, 0.29) is 6.61 Å². The average molecular weight is 325 g/mol. The molecule has 122 valence electrons. The molecular weight excluding hydrogens is 306 g/mol. The van der Waals surface area contributed by atoms with Gasteiger partial charge in [0.1, 0.15) is 0 Å². The first kappa shape index (κ1) is 15.6. The monoisotopic (exact) mass is 325 g/mol. The van der Waals surface area contributed by atoms with Crippen molar-refractivity contribution in [3.8, 4) is 11.1 Å². The van der Waals surface area contributed by atoms with Crippen LogP contribution in [0.2, 0.25) is 0 Å². The summed E-state index contributed by atoms with van der Waals surface area (Å²) in [7, 11) is 0. The van der Waals surface area contributed by atoms with Gasteiger partial charge in [0.05, 0.1) is 13.2 Å². The number of aliphatic imine (C=N–C) groups is 1. The van der Waals surface area contributed by atoms with E-state index in [1.54, 1.807) is 0 Å². The first-order valence-corrected chi connectivity index (χ1v) is 8.49. The van der Waals surface area contributed by atoms with Crippen LogP contribution in [-0.2, 0) is 0 Å². The molecule has 0 spiro atoms. The number of fused-ring (bicyclic) bond motifs is 2. The summed E-state index contributed by atoms with van der Waals surface area (Å²) >= 11 is 0. The molecule has 0 aliphatic carbocycles. The molecule has 0 aliphatic rings. The molecule has 0 saturated heterocycles. The van der Waals surface area contributed by atoms with Crippen LogP contribution in [0.15, 0.2) is 83.9 Å². The molecule has 0 atom stereocenters. The highest BCUT2D eigenvalue weighted by molar-refractivity contribution is 6.21. The standard InChI is InChI=1S/C23H19NO/c25-15-14-24-16-22-18-10-4-6-12-20(18)23(17-8-2-1-3-9-17)21-13-7-5-11-19(21)22/h1-13,16,25H,14-15H2. The maximum Gasteiger partial charge on any atom is 0.0626 e. The van der Waals surface area contributed by atoms with E-state index in [1.165, 1.54) is 32.7 Å². The van der Waals surface area contributed by atoms with Crippen molar-refractivity contribution in [2.24, 2.45) is 4.99 Å². The average Bonchev–Trinajstić information content (AvgIpc) is 2.68. The molecule has 2 nitrogen and oxygen atoms in total. The number of rotatable bonds is 4. The SMILES string of the molecule is OCCN=Cc1c2ccccc2c(-c2ccccc2)c2ccccc12. The first-order chi connectivity index (χ1) is 12.4. The Hall–Kier alpha value is -2.97. The zero-order chi connectivity index (χ0) is 17.1. The molecule has 4 aromatic rings. The second kappa shape index (κ2) is 6.88. The van der Waals surface area contributed by atoms with Crippen molar-refractivity contribution in [2.75, 3.05) is 13.2 Å². The van der Waals surface area contributed by atoms with Crippen molar-refractivity contribution >= 4 is 27.8 Å². The highest BCUT2D eigenvalue weighted by Gasteiger charge is 2.13. The van der Waals surface area contributed by atoms with Gasteiger partial charge in [-0.05, 0) is 32.7 Å². The second-order valence-corrected chi connectivity index (χ2v) is 6.00. The molecule has 0 saturated carbocycles. The van der Waals surface area contributed by atoms with E-state index >= 15 is 0 Å². The smallest absolute Gasteiger partial charge is 0.0626 e. The van der Waals surface area contributed by atoms with Crippen LogP contribution in [0.5, 0.6) is 0 Å². The maximum absolute atomic E-state index is 9.05. The van der Waals surface area contributed by atoms with Crippen molar-refractivity contribution in [3.63, 3.8) is 0 Å². The van der Waals surface area contributed by atoms with Gasteiger partial charge < -0.3 is 5.11 Å². The molecule has 0 radical (unpaired) electrons. The summed E-state index contributed by atoms with van der Waals surface area (Å²) in [4.78, 5) is 4.39. The van der Waals surface area contributed by atoms with Gasteiger partial charge in [0.2, 0.25) is 0 Å². The van der Waals surface area contributed by atoms with Crippen LogP contribution in [0, 0.1) is 0 Å². The molecular formula is C23H19NO. The number of aliphatic hydroxyl groups excluding tert-OH is 1. The van der Waals surface area contributed by atoms with Crippen molar-refractivity contribution in [2.45, 2.75) is 0 Å². The van der Waals surface area contributed by atoms with Gasteiger partial charge in [0.15, 0.2) is 0 Å². The van der Waals surface area contributed by atoms with Gasteiger partial charge in [-0.1, -0.05) is 78.9 Å². The lowest BCUT2D eigenvalue weighted by atomic mass is 9.89. The lowest BCUT2D eigenvalue weighted by molar-refractivity contribution is 0.307. The molecule has 25 heavy (non-hydrogen) atoms. The quantitative estimate of drug-likeness (QED) is 0.412. The Morgan fingerprint density at radius 3 is 1.76 bits per heavy atom. The van der Waals surface area contributed by atoms with E-state index in [0.717, 1.165) is 5.56 Å². The van der Waals surface area contributed by atoms with Gasteiger partial charge in [0, 0.05) is 11.8 Å². The van der Waals surface area contributed by atoms with Crippen molar-refractivity contribution in [1.82, 2.24) is 0 Å². The van der Waals surface area contributed by atoms with E-state index in [9.17, 15) is 0 Å². The second-order valence-electron chi connectivity index (χ2n) is 6.00. The van der Waals surface area contributed by atoms with Crippen LogP contribution < -0.4 is 0 Å². The summed E-state index contributed by atoms with van der Waals surface area (Å²) in [6, 6.07) is 27.5. The summed E-state index contributed by atoms with van der Waals surface area (Å²) in [5, 5.41) is 13.9. The fraction of sp³-hybridized carbons (Fsp3) is 0.0870. The van der Waals surface area contributed by atoms with Crippen LogP contribution in [0.3, 0.4) is 0 Å². The van der Waals surface area contributed by atoms with Gasteiger partial charge in [-0.3, -0.25) is 4.99 Å². The maximum atomic E-state index is 9.05. The Bertz CT molecular complexity index is 995. The fourth-order valence-electron chi connectivity index (χ4n) is 3.43. The van der Waals surface area contributed by atoms with Crippen molar-refractivity contribution < 1.29 is 5.11 Å². The van der Waals surface area contributed by atoms with E-state index in [2.05, 4.69) is 77.8 Å². The van der Waals surface area contributed by atoms with E-state index < -0.39 is 0 Å². The molecule has 0 fully saturated rings. The highest BCUT2D eigenvalue weighted by Crippen LogP contribution is 2.38. The van der Waals surface area contributed by atoms with Gasteiger partial charge >= 0.3 is 0 Å². The minimum Gasteiger partial charge on any atom is -0.394 e. The van der Waals surface area contributed by atoms with Gasteiger partial charge in [-0.15, -0.1) is 0 Å². The number of nitrogens with zero attached hydrogens (tertiary/aromatic N) is 1. The first-order valence-electron chi connectivity index (χ1n) is 8.49. The largest absolute Gasteiger partial charge is 0.394 e.